The van der Waals surface area contributed by atoms with E-state index in [9.17, 15) is 13.2 Å². The number of sulfonamides is 1. The van der Waals surface area contributed by atoms with E-state index < -0.39 is 15.9 Å². The summed E-state index contributed by atoms with van der Waals surface area (Å²) < 4.78 is 32.9. The summed E-state index contributed by atoms with van der Waals surface area (Å²) >= 11 is 0. The number of hydrogen-bond donors (Lipinski definition) is 1. The summed E-state index contributed by atoms with van der Waals surface area (Å²) in [5.41, 5.74) is 1.08. The van der Waals surface area contributed by atoms with Crippen LogP contribution in [-0.2, 0) is 10.0 Å². The molecule has 1 heterocycles. The fraction of sp³-hybridized carbons (Fsp3) is 0.333. The van der Waals surface area contributed by atoms with Gasteiger partial charge in [0.1, 0.15) is 5.75 Å². The first-order valence-electron chi connectivity index (χ1n) is 9.45. The molecule has 2 aromatic carbocycles. The quantitative estimate of drug-likeness (QED) is 0.810. The molecule has 0 aliphatic carbocycles. The van der Waals surface area contributed by atoms with Crippen LogP contribution in [0.15, 0.2) is 47.4 Å². The van der Waals surface area contributed by atoms with Crippen LogP contribution in [0.4, 0.5) is 5.69 Å². The highest BCUT2D eigenvalue weighted by molar-refractivity contribution is 7.89. The van der Waals surface area contributed by atoms with Crippen molar-refractivity contribution in [1.29, 1.82) is 5.26 Å². The van der Waals surface area contributed by atoms with Gasteiger partial charge in [0, 0.05) is 18.7 Å². The molecule has 2 aromatic rings. The number of benzene rings is 2. The first-order chi connectivity index (χ1) is 14.0. The highest BCUT2D eigenvalue weighted by Gasteiger charge is 2.26. The highest BCUT2D eigenvalue weighted by Crippen LogP contribution is 2.30. The zero-order valence-electron chi connectivity index (χ0n) is 16.2. The summed E-state index contributed by atoms with van der Waals surface area (Å²) in [6.45, 7) is 1.00. The van der Waals surface area contributed by atoms with Crippen LogP contribution in [0.25, 0.3) is 0 Å². The Labute approximate surface area is 171 Å². The Hall–Kier alpha value is -2.89. The average molecular weight is 413 g/mol. The molecule has 152 valence electrons. The SMILES string of the molecule is COc1ccc(S(=O)(=O)N2CCCCCC2)cc1NC(=O)c1ccc(C#N)cc1. The van der Waals surface area contributed by atoms with Crippen molar-refractivity contribution < 1.29 is 17.9 Å². The molecule has 1 amide bonds. The molecule has 0 spiro atoms. The normalized spacial score (nSPS) is 15.2. The predicted molar refractivity (Wildman–Crippen MR) is 109 cm³/mol. The third-order valence-corrected chi connectivity index (χ3v) is 6.79. The van der Waals surface area contributed by atoms with Crippen LogP contribution in [0.5, 0.6) is 5.75 Å². The van der Waals surface area contributed by atoms with Gasteiger partial charge in [-0.1, -0.05) is 12.8 Å². The smallest absolute Gasteiger partial charge is 0.255 e. The van der Waals surface area contributed by atoms with Gasteiger partial charge in [0.15, 0.2) is 0 Å². The molecular formula is C21H23N3O4S. The van der Waals surface area contributed by atoms with Gasteiger partial charge >= 0.3 is 0 Å². The van der Waals surface area contributed by atoms with Crippen molar-refractivity contribution in [1.82, 2.24) is 4.31 Å². The molecule has 3 rings (SSSR count). The fourth-order valence-electron chi connectivity index (χ4n) is 3.27. The molecule has 1 N–H and O–H groups in total. The number of carbonyl (C=O) groups is 1. The summed E-state index contributed by atoms with van der Waals surface area (Å²) in [5, 5.41) is 11.6. The molecule has 1 fully saturated rings. The van der Waals surface area contributed by atoms with Crippen molar-refractivity contribution in [3.8, 4) is 11.8 Å². The minimum atomic E-state index is -3.65. The van der Waals surface area contributed by atoms with Gasteiger partial charge in [0.25, 0.3) is 5.91 Å². The van der Waals surface area contributed by atoms with E-state index in [2.05, 4.69) is 5.32 Å². The van der Waals surface area contributed by atoms with E-state index >= 15 is 0 Å². The highest BCUT2D eigenvalue weighted by atomic mass is 32.2. The van der Waals surface area contributed by atoms with Gasteiger partial charge in [0.2, 0.25) is 10.0 Å². The number of anilines is 1. The van der Waals surface area contributed by atoms with Crippen LogP contribution in [0.2, 0.25) is 0 Å². The van der Waals surface area contributed by atoms with Crippen LogP contribution in [-0.4, -0.2) is 38.8 Å². The van der Waals surface area contributed by atoms with Gasteiger partial charge in [0.05, 0.1) is 29.3 Å². The first-order valence-corrected chi connectivity index (χ1v) is 10.9. The van der Waals surface area contributed by atoms with Crippen molar-refractivity contribution in [2.45, 2.75) is 30.6 Å². The van der Waals surface area contributed by atoms with E-state index in [1.807, 2.05) is 6.07 Å². The average Bonchev–Trinajstić information content (AvgIpc) is 3.04. The second-order valence-corrected chi connectivity index (χ2v) is 8.76. The predicted octanol–water partition coefficient (Wildman–Crippen LogP) is 3.38. The number of methoxy groups -OCH3 is 1. The van der Waals surface area contributed by atoms with Gasteiger partial charge in [-0.25, -0.2) is 8.42 Å². The third kappa shape index (κ3) is 4.75. The Kier molecular flexibility index (Phi) is 6.52. The molecule has 0 bridgehead atoms. The Morgan fingerprint density at radius 1 is 1.07 bits per heavy atom. The zero-order chi connectivity index (χ0) is 20.9. The maximum atomic E-state index is 13.1. The van der Waals surface area contributed by atoms with Crippen LogP contribution >= 0.6 is 0 Å². The van der Waals surface area contributed by atoms with Crippen molar-refractivity contribution in [2.75, 3.05) is 25.5 Å². The van der Waals surface area contributed by atoms with Gasteiger partial charge in [-0.3, -0.25) is 4.79 Å². The van der Waals surface area contributed by atoms with Crippen molar-refractivity contribution >= 4 is 21.6 Å². The zero-order valence-corrected chi connectivity index (χ0v) is 17.0. The Morgan fingerprint density at radius 3 is 2.31 bits per heavy atom. The molecule has 29 heavy (non-hydrogen) atoms. The van der Waals surface area contributed by atoms with Crippen molar-refractivity contribution in [2.24, 2.45) is 0 Å². The molecule has 1 aliphatic heterocycles. The number of carbonyl (C=O) groups excluding carboxylic acids is 1. The van der Waals surface area contributed by atoms with Crippen LogP contribution in [0, 0.1) is 11.3 Å². The lowest BCUT2D eigenvalue weighted by atomic mass is 10.1. The van der Waals surface area contributed by atoms with Crippen molar-refractivity contribution in [3.63, 3.8) is 0 Å². The second-order valence-electron chi connectivity index (χ2n) is 6.82. The molecule has 1 aliphatic rings. The molecule has 0 saturated carbocycles. The summed E-state index contributed by atoms with van der Waals surface area (Å²) in [7, 11) is -2.20. The lowest BCUT2D eigenvalue weighted by Gasteiger charge is -2.21. The van der Waals surface area contributed by atoms with Crippen molar-refractivity contribution in [3.05, 3.63) is 53.6 Å². The van der Waals surface area contributed by atoms with Crippen LogP contribution in [0.1, 0.15) is 41.6 Å². The number of hydrogen-bond acceptors (Lipinski definition) is 5. The summed E-state index contributed by atoms with van der Waals surface area (Å²) in [6.07, 6.45) is 3.75. The third-order valence-electron chi connectivity index (χ3n) is 4.90. The van der Waals surface area contributed by atoms with Crippen LogP contribution in [0.3, 0.4) is 0 Å². The van der Waals surface area contributed by atoms with E-state index in [1.165, 1.54) is 35.7 Å². The molecule has 0 radical (unpaired) electrons. The summed E-state index contributed by atoms with van der Waals surface area (Å²) in [6, 6.07) is 12.6. The second kappa shape index (κ2) is 9.07. The van der Waals surface area contributed by atoms with Gasteiger partial charge in [-0.2, -0.15) is 9.57 Å². The minimum absolute atomic E-state index is 0.121. The van der Waals surface area contributed by atoms with E-state index in [-0.39, 0.29) is 10.6 Å². The molecule has 7 nitrogen and oxygen atoms in total. The number of ether oxygens (including phenoxy) is 1. The van der Waals surface area contributed by atoms with Gasteiger partial charge in [-0.15, -0.1) is 0 Å². The maximum Gasteiger partial charge on any atom is 0.255 e. The maximum absolute atomic E-state index is 13.1. The Bertz CT molecular complexity index is 1020. The molecular weight excluding hydrogens is 390 g/mol. The summed E-state index contributed by atoms with van der Waals surface area (Å²) in [4.78, 5) is 12.7. The lowest BCUT2D eigenvalue weighted by Crippen LogP contribution is -2.32. The molecule has 8 heteroatoms. The molecule has 1 saturated heterocycles. The standard InChI is InChI=1S/C21H23N3O4S/c1-28-20-11-10-18(29(26,27)24-12-4-2-3-5-13-24)14-19(20)23-21(25)17-8-6-16(15-22)7-9-17/h6-11,14H,2-5,12-13H2,1H3,(H,23,25). The largest absolute Gasteiger partial charge is 0.495 e. The number of nitrogens with zero attached hydrogens (tertiary/aromatic N) is 2. The summed E-state index contributed by atoms with van der Waals surface area (Å²) in [5.74, 6) is -0.0566. The van der Waals surface area contributed by atoms with E-state index in [4.69, 9.17) is 10.00 Å². The van der Waals surface area contributed by atoms with E-state index in [0.29, 0.717) is 30.0 Å². The minimum Gasteiger partial charge on any atom is -0.495 e. The molecule has 0 unspecified atom stereocenters. The van der Waals surface area contributed by atoms with E-state index in [1.54, 1.807) is 18.2 Å². The fourth-order valence-corrected chi connectivity index (χ4v) is 4.81. The number of amides is 1. The number of rotatable bonds is 5. The van der Waals surface area contributed by atoms with Crippen LogP contribution < -0.4 is 10.1 Å². The first kappa shape index (κ1) is 20.8. The molecule has 0 aromatic heterocycles. The monoisotopic (exact) mass is 413 g/mol. The van der Waals surface area contributed by atoms with Gasteiger partial charge in [-0.05, 0) is 55.3 Å². The topological polar surface area (TPSA) is 99.5 Å². The van der Waals surface area contributed by atoms with E-state index in [0.717, 1.165) is 25.7 Å². The molecule has 0 atom stereocenters. The Balaban J connectivity index is 1.88. The lowest BCUT2D eigenvalue weighted by molar-refractivity contribution is 0.102. The number of nitriles is 1. The van der Waals surface area contributed by atoms with Gasteiger partial charge < -0.3 is 10.1 Å². The number of nitrogens with one attached hydrogen (secondary N) is 1. The Morgan fingerprint density at radius 2 is 1.72 bits per heavy atom.